The molecule has 1 saturated heterocycles. The fourth-order valence-corrected chi connectivity index (χ4v) is 3.01. The number of Topliss-reactive ketones (excluding diaryl/α,β-unsaturated/α-hetero) is 1. The lowest BCUT2D eigenvalue weighted by Gasteiger charge is -2.35. The van der Waals surface area contributed by atoms with Gasteiger partial charge in [0.15, 0.2) is 5.78 Å². The maximum absolute atomic E-state index is 11.3. The Kier molecular flexibility index (Phi) is 5.49. The molecule has 0 bridgehead atoms. The maximum atomic E-state index is 11.3. The number of rotatable bonds is 6. The van der Waals surface area contributed by atoms with E-state index in [1.54, 1.807) is 32.2 Å². The van der Waals surface area contributed by atoms with E-state index in [1.165, 1.54) is 0 Å². The summed E-state index contributed by atoms with van der Waals surface area (Å²) in [4.78, 5) is 19.9. The van der Waals surface area contributed by atoms with Gasteiger partial charge in [-0.1, -0.05) is 24.3 Å². The number of ether oxygens (including phenoxy) is 3. The van der Waals surface area contributed by atoms with Crippen molar-refractivity contribution in [3.63, 3.8) is 0 Å². The van der Waals surface area contributed by atoms with Gasteiger partial charge >= 0.3 is 0 Å². The SMILES string of the molecule is COC1(c2cc(OCc3ccc(C(C)=O)cc3)nc(N)n2)CCOCC1. The molecule has 1 aliphatic heterocycles. The smallest absolute Gasteiger partial charge is 0.223 e. The second kappa shape index (κ2) is 7.80. The van der Waals surface area contributed by atoms with E-state index in [9.17, 15) is 4.79 Å². The number of ketones is 1. The fraction of sp³-hybridized carbons (Fsp3) is 0.421. The number of hydrogen-bond donors (Lipinski definition) is 1. The zero-order valence-corrected chi connectivity index (χ0v) is 15.0. The molecular weight excluding hydrogens is 334 g/mol. The molecule has 7 nitrogen and oxygen atoms in total. The molecular formula is C19H23N3O4. The van der Waals surface area contributed by atoms with Crippen LogP contribution in [0.5, 0.6) is 5.88 Å². The summed E-state index contributed by atoms with van der Waals surface area (Å²) in [6.07, 6.45) is 1.40. The number of hydrogen-bond acceptors (Lipinski definition) is 7. The Labute approximate surface area is 152 Å². The molecule has 0 radical (unpaired) electrons. The highest BCUT2D eigenvalue weighted by Crippen LogP contribution is 2.35. The van der Waals surface area contributed by atoms with Gasteiger partial charge in [-0.3, -0.25) is 4.79 Å². The van der Waals surface area contributed by atoms with E-state index >= 15 is 0 Å². The number of nitrogens with two attached hydrogens (primary N) is 1. The molecule has 0 amide bonds. The topological polar surface area (TPSA) is 96.6 Å². The molecule has 2 aromatic rings. The second-order valence-corrected chi connectivity index (χ2v) is 6.30. The van der Waals surface area contributed by atoms with Crippen LogP contribution in [0.1, 0.15) is 41.4 Å². The van der Waals surface area contributed by atoms with Gasteiger partial charge in [0.25, 0.3) is 0 Å². The standard InChI is InChI=1S/C19H23N3O4/c1-13(23)15-5-3-14(4-6-15)12-26-17-11-16(21-18(20)22-17)19(24-2)7-9-25-10-8-19/h3-6,11H,7-10,12H2,1-2H3,(H2,20,21,22). The molecule has 1 aromatic carbocycles. The molecule has 7 heteroatoms. The summed E-state index contributed by atoms with van der Waals surface area (Å²) in [5.74, 6) is 0.574. The summed E-state index contributed by atoms with van der Waals surface area (Å²) >= 11 is 0. The average molecular weight is 357 g/mol. The first-order valence-corrected chi connectivity index (χ1v) is 8.53. The summed E-state index contributed by atoms with van der Waals surface area (Å²) < 4.78 is 17.0. The summed E-state index contributed by atoms with van der Waals surface area (Å²) in [7, 11) is 1.67. The lowest BCUT2D eigenvalue weighted by atomic mass is 9.90. The van der Waals surface area contributed by atoms with E-state index in [0.29, 0.717) is 49.8 Å². The van der Waals surface area contributed by atoms with E-state index in [2.05, 4.69) is 9.97 Å². The molecule has 1 aliphatic rings. The van der Waals surface area contributed by atoms with Gasteiger partial charge in [-0.25, -0.2) is 4.98 Å². The number of aromatic nitrogens is 2. The predicted molar refractivity (Wildman–Crippen MR) is 96.0 cm³/mol. The third kappa shape index (κ3) is 4.00. The third-order valence-corrected chi connectivity index (χ3v) is 4.63. The van der Waals surface area contributed by atoms with Crippen molar-refractivity contribution in [3.8, 4) is 5.88 Å². The Morgan fingerprint density at radius 1 is 1.23 bits per heavy atom. The molecule has 0 atom stereocenters. The lowest BCUT2D eigenvalue weighted by molar-refractivity contribution is -0.0974. The number of carbonyl (C=O) groups excluding carboxylic acids is 1. The molecule has 0 spiro atoms. The van der Waals surface area contributed by atoms with Crippen molar-refractivity contribution in [2.45, 2.75) is 32.0 Å². The van der Waals surface area contributed by atoms with E-state index in [1.807, 2.05) is 12.1 Å². The van der Waals surface area contributed by atoms with Crippen LogP contribution < -0.4 is 10.5 Å². The minimum absolute atomic E-state index is 0.0343. The number of carbonyl (C=O) groups is 1. The van der Waals surface area contributed by atoms with Crippen molar-refractivity contribution in [2.24, 2.45) is 0 Å². The minimum atomic E-state index is -0.531. The van der Waals surface area contributed by atoms with Gasteiger partial charge in [0.2, 0.25) is 11.8 Å². The zero-order chi connectivity index (χ0) is 18.6. The fourth-order valence-electron chi connectivity index (χ4n) is 3.01. The highest BCUT2D eigenvalue weighted by molar-refractivity contribution is 5.93. The molecule has 3 rings (SSSR count). The van der Waals surface area contributed by atoms with Gasteiger partial charge < -0.3 is 19.9 Å². The largest absolute Gasteiger partial charge is 0.473 e. The van der Waals surface area contributed by atoms with Crippen LogP contribution in [0.4, 0.5) is 5.95 Å². The summed E-state index contributed by atoms with van der Waals surface area (Å²) in [6.45, 7) is 3.07. The first-order valence-electron chi connectivity index (χ1n) is 8.53. The monoisotopic (exact) mass is 357 g/mol. The Morgan fingerprint density at radius 2 is 1.92 bits per heavy atom. The van der Waals surface area contributed by atoms with Crippen LogP contribution >= 0.6 is 0 Å². The molecule has 0 unspecified atom stereocenters. The number of nitrogen functional groups attached to an aromatic ring is 1. The molecule has 2 heterocycles. The van der Waals surface area contributed by atoms with Crippen molar-refractivity contribution >= 4 is 11.7 Å². The Hall–Kier alpha value is -2.51. The van der Waals surface area contributed by atoms with E-state index in [-0.39, 0.29) is 11.7 Å². The van der Waals surface area contributed by atoms with E-state index in [4.69, 9.17) is 19.9 Å². The van der Waals surface area contributed by atoms with Crippen molar-refractivity contribution in [2.75, 3.05) is 26.1 Å². The highest BCUT2D eigenvalue weighted by atomic mass is 16.5. The molecule has 0 saturated carbocycles. The highest BCUT2D eigenvalue weighted by Gasteiger charge is 2.36. The number of anilines is 1. The molecule has 1 aromatic heterocycles. The molecule has 1 fully saturated rings. The normalized spacial score (nSPS) is 16.2. The first-order chi connectivity index (χ1) is 12.5. The van der Waals surface area contributed by atoms with Crippen molar-refractivity contribution in [3.05, 3.63) is 47.2 Å². The Morgan fingerprint density at radius 3 is 2.54 bits per heavy atom. The van der Waals surface area contributed by atoms with Crippen LogP contribution in [0.3, 0.4) is 0 Å². The molecule has 138 valence electrons. The van der Waals surface area contributed by atoms with Crippen LogP contribution in [0.25, 0.3) is 0 Å². The van der Waals surface area contributed by atoms with E-state index < -0.39 is 5.60 Å². The summed E-state index contributed by atoms with van der Waals surface area (Å²) in [6, 6.07) is 9.05. The first kappa shape index (κ1) is 18.3. The second-order valence-electron chi connectivity index (χ2n) is 6.30. The van der Waals surface area contributed by atoms with Gasteiger partial charge in [-0.2, -0.15) is 4.98 Å². The summed E-state index contributed by atoms with van der Waals surface area (Å²) in [5.41, 5.74) is 7.65. The van der Waals surface area contributed by atoms with E-state index in [0.717, 1.165) is 5.56 Å². The van der Waals surface area contributed by atoms with Crippen LogP contribution in [0.2, 0.25) is 0 Å². The van der Waals surface area contributed by atoms with Crippen LogP contribution in [-0.2, 0) is 21.7 Å². The van der Waals surface area contributed by atoms with Gasteiger partial charge in [-0.05, 0) is 12.5 Å². The number of methoxy groups -OCH3 is 1. The Bertz CT molecular complexity index is 771. The van der Waals surface area contributed by atoms with Crippen molar-refractivity contribution < 1.29 is 19.0 Å². The average Bonchev–Trinajstić information content (AvgIpc) is 2.67. The molecule has 2 N–H and O–H groups in total. The number of benzene rings is 1. The van der Waals surface area contributed by atoms with Crippen LogP contribution in [-0.4, -0.2) is 36.1 Å². The van der Waals surface area contributed by atoms with Gasteiger partial charge in [0.05, 0.1) is 5.69 Å². The van der Waals surface area contributed by atoms with Crippen molar-refractivity contribution in [1.29, 1.82) is 0 Å². The lowest BCUT2D eigenvalue weighted by Crippen LogP contribution is -2.36. The zero-order valence-electron chi connectivity index (χ0n) is 15.0. The number of nitrogens with zero attached hydrogens (tertiary/aromatic N) is 2. The van der Waals surface area contributed by atoms with Crippen molar-refractivity contribution in [1.82, 2.24) is 9.97 Å². The van der Waals surface area contributed by atoms with Gasteiger partial charge in [0.1, 0.15) is 12.2 Å². The molecule has 0 aliphatic carbocycles. The van der Waals surface area contributed by atoms with Gasteiger partial charge in [0, 0.05) is 44.8 Å². The Balaban J connectivity index is 1.76. The van der Waals surface area contributed by atoms with Gasteiger partial charge in [-0.15, -0.1) is 0 Å². The van der Waals surface area contributed by atoms with Crippen LogP contribution in [0, 0.1) is 0 Å². The molecule has 26 heavy (non-hydrogen) atoms. The third-order valence-electron chi connectivity index (χ3n) is 4.63. The predicted octanol–water partition coefficient (Wildman–Crippen LogP) is 2.49. The van der Waals surface area contributed by atoms with Crippen LogP contribution in [0.15, 0.2) is 30.3 Å². The summed E-state index contributed by atoms with van der Waals surface area (Å²) in [5, 5.41) is 0. The quantitative estimate of drug-likeness (QED) is 0.793. The minimum Gasteiger partial charge on any atom is -0.473 e. The maximum Gasteiger partial charge on any atom is 0.223 e.